The summed E-state index contributed by atoms with van der Waals surface area (Å²) in [6.07, 6.45) is 1.85. The third kappa shape index (κ3) is 3.84. The van der Waals surface area contributed by atoms with Gasteiger partial charge in [-0.2, -0.15) is 0 Å². The van der Waals surface area contributed by atoms with Crippen molar-refractivity contribution in [3.63, 3.8) is 0 Å². The number of Topliss-reactive ketones (excluding diaryl/α,β-unsaturated/α-hetero) is 1. The molecule has 0 fully saturated rings. The Balaban J connectivity index is 1.49. The van der Waals surface area contributed by atoms with Crippen LogP contribution in [0, 0.1) is 5.82 Å². The monoisotopic (exact) mass is 397 g/mol. The highest BCUT2D eigenvalue weighted by Gasteiger charge is 2.13. The Labute approximate surface area is 163 Å². The first kappa shape index (κ1) is 17.6. The van der Waals surface area contributed by atoms with E-state index in [0.717, 1.165) is 19.8 Å². The van der Waals surface area contributed by atoms with Crippen LogP contribution in [0.3, 0.4) is 0 Å². The lowest BCUT2D eigenvalue weighted by Crippen LogP contribution is -2.07. The van der Waals surface area contributed by atoms with E-state index in [9.17, 15) is 9.18 Å². The molecule has 0 saturated heterocycles. The number of thiophene rings is 2. The van der Waals surface area contributed by atoms with E-state index in [2.05, 4.69) is 10.3 Å². The summed E-state index contributed by atoms with van der Waals surface area (Å²) in [6.45, 7) is 0.262. The number of halogens is 1. The summed E-state index contributed by atoms with van der Waals surface area (Å²) in [5.74, 6) is 0.0881. The van der Waals surface area contributed by atoms with Gasteiger partial charge in [0.1, 0.15) is 11.6 Å². The number of hydrogen-bond acceptors (Lipinski definition) is 6. The average molecular weight is 398 g/mol. The van der Waals surface area contributed by atoms with Crippen molar-refractivity contribution in [1.29, 1.82) is 0 Å². The number of aromatic nitrogens is 1. The minimum Gasteiger partial charge on any atom is -0.382 e. The summed E-state index contributed by atoms with van der Waals surface area (Å²) >= 11 is 3.13. The Morgan fingerprint density at radius 1 is 1.19 bits per heavy atom. The number of carbonyl (C=O) groups is 1. The van der Waals surface area contributed by atoms with Gasteiger partial charge < -0.3 is 11.1 Å². The van der Waals surface area contributed by atoms with Crippen LogP contribution in [0.5, 0.6) is 0 Å². The number of pyridine rings is 1. The van der Waals surface area contributed by atoms with Crippen LogP contribution < -0.4 is 11.1 Å². The van der Waals surface area contributed by atoms with Crippen molar-refractivity contribution in [1.82, 2.24) is 4.98 Å². The first-order chi connectivity index (χ1) is 13.1. The molecule has 0 aliphatic carbocycles. The van der Waals surface area contributed by atoms with Gasteiger partial charge in [0.2, 0.25) is 0 Å². The summed E-state index contributed by atoms with van der Waals surface area (Å²) in [4.78, 5) is 17.3. The molecule has 0 aliphatic rings. The van der Waals surface area contributed by atoms with Crippen molar-refractivity contribution in [3.8, 4) is 0 Å². The van der Waals surface area contributed by atoms with Gasteiger partial charge in [0.25, 0.3) is 0 Å². The van der Waals surface area contributed by atoms with Gasteiger partial charge in [-0.1, -0.05) is 12.1 Å². The van der Waals surface area contributed by atoms with Crippen LogP contribution in [-0.4, -0.2) is 10.8 Å². The summed E-state index contributed by atoms with van der Waals surface area (Å²) in [6, 6.07) is 12.3. The molecule has 0 aliphatic heterocycles. The van der Waals surface area contributed by atoms with E-state index in [0.29, 0.717) is 17.1 Å². The van der Waals surface area contributed by atoms with Crippen molar-refractivity contribution < 1.29 is 9.18 Å². The molecule has 0 unspecified atom stereocenters. The minimum absolute atomic E-state index is 0.0467. The van der Waals surface area contributed by atoms with E-state index in [-0.39, 0.29) is 24.6 Å². The number of nitrogens with one attached hydrogen (secondary N) is 1. The maximum Gasteiger partial charge on any atom is 0.177 e. The molecule has 3 N–H and O–H groups in total. The van der Waals surface area contributed by atoms with E-state index >= 15 is 0 Å². The van der Waals surface area contributed by atoms with Crippen molar-refractivity contribution in [2.24, 2.45) is 0 Å². The zero-order valence-electron chi connectivity index (χ0n) is 14.2. The molecule has 4 nitrogen and oxygen atoms in total. The molecule has 7 heteroatoms. The fourth-order valence-corrected chi connectivity index (χ4v) is 4.85. The molecule has 0 radical (unpaired) electrons. The average Bonchev–Trinajstić information content (AvgIpc) is 3.25. The third-order valence-corrected chi connectivity index (χ3v) is 6.33. The minimum atomic E-state index is -0.321. The maximum atomic E-state index is 14.2. The molecule has 3 aromatic heterocycles. The highest BCUT2D eigenvalue weighted by Crippen LogP contribution is 2.30. The predicted octanol–water partition coefficient (Wildman–Crippen LogP) is 5.12. The lowest BCUT2D eigenvalue weighted by atomic mass is 10.0. The molecular formula is C20H16FN3OS2. The quantitative estimate of drug-likeness (QED) is 0.443. The Morgan fingerprint density at radius 2 is 2.07 bits per heavy atom. The van der Waals surface area contributed by atoms with Gasteiger partial charge in [0.05, 0.1) is 10.6 Å². The normalized spacial score (nSPS) is 11.0. The Hall–Kier alpha value is -2.77. The van der Waals surface area contributed by atoms with Gasteiger partial charge in [-0.15, -0.1) is 22.7 Å². The van der Waals surface area contributed by atoms with Crippen molar-refractivity contribution in [2.45, 2.75) is 13.0 Å². The van der Waals surface area contributed by atoms with Crippen molar-refractivity contribution in [3.05, 3.63) is 75.9 Å². The second-order valence-electron chi connectivity index (χ2n) is 6.08. The highest BCUT2D eigenvalue weighted by molar-refractivity contribution is 7.27. The highest BCUT2D eigenvalue weighted by atomic mass is 32.1. The molecule has 1 aromatic carbocycles. The number of fused-ring (bicyclic) bond motifs is 1. The van der Waals surface area contributed by atoms with Crippen LogP contribution in [0.2, 0.25) is 0 Å². The Kier molecular flexibility index (Phi) is 4.87. The first-order valence-corrected chi connectivity index (χ1v) is 10.0. The second-order valence-corrected chi connectivity index (χ2v) is 8.11. The molecular weight excluding hydrogens is 381 g/mol. The molecule has 4 aromatic rings. The van der Waals surface area contributed by atoms with Crippen LogP contribution in [0.25, 0.3) is 9.40 Å². The van der Waals surface area contributed by atoms with Gasteiger partial charge in [-0.05, 0) is 41.3 Å². The van der Waals surface area contributed by atoms with Gasteiger partial charge >= 0.3 is 0 Å². The van der Waals surface area contributed by atoms with Crippen molar-refractivity contribution >= 4 is 49.4 Å². The number of hydrogen-bond donors (Lipinski definition) is 2. The summed E-state index contributed by atoms with van der Waals surface area (Å²) < 4.78 is 16.4. The number of nitrogens with two attached hydrogens (primary N) is 1. The maximum absolute atomic E-state index is 14.2. The van der Waals surface area contributed by atoms with Crippen LogP contribution in [0.4, 0.5) is 15.9 Å². The summed E-state index contributed by atoms with van der Waals surface area (Å²) in [5.41, 5.74) is 7.71. The van der Waals surface area contributed by atoms with E-state index in [1.807, 2.05) is 17.5 Å². The summed E-state index contributed by atoms with van der Waals surface area (Å²) in [5, 5.41) is 5.11. The van der Waals surface area contributed by atoms with Gasteiger partial charge in [-0.3, -0.25) is 4.79 Å². The molecule has 27 heavy (non-hydrogen) atoms. The van der Waals surface area contributed by atoms with Crippen molar-refractivity contribution in [2.75, 3.05) is 11.1 Å². The second kappa shape index (κ2) is 7.46. The molecule has 0 amide bonds. The zero-order valence-corrected chi connectivity index (χ0v) is 15.9. The first-order valence-electron chi connectivity index (χ1n) is 8.32. The van der Waals surface area contributed by atoms with E-state index in [1.165, 1.54) is 17.4 Å². The standard InChI is InChI=1S/C20H16FN3OS2/c21-14-4-3-12(8-13(14)11-24-15-2-1-6-23-20(15)22)9-16(25)18-10-19-17(27-18)5-7-26-19/h1-8,10,24H,9,11H2,(H2,22,23). The molecule has 136 valence electrons. The lowest BCUT2D eigenvalue weighted by molar-refractivity contribution is 0.0997. The smallest absolute Gasteiger partial charge is 0.177 e. The largest absolute Gasteiger partial charge is 0.382 e. The van der Waals surface area contributed by atoms with Crippen LogP contribution >= 0.6 is 22.7 Å². The number of nitrogen functional groups attached to an aromatic ring is 1. The fraction of sp³-hybridized carbons (Fsp3) is 0.100. The van der Waals surface area contributed by atoms with Crippen LogP contribution in [0.15, 0.2) is 54.0 Å². The number of ketones is 1. The molecule has 0 spiro atoms. The Morgan fingerprint density at radius 3 is 2.89 bits per heavy atom. The van der Waals surface area contributed by atoms with E-state index in [4.69, 9.17) is 5.73 Å². The number of rotatable bonds is 6. The fourth-order valence-electron chi connectivity index (χ4n) is 2.81. The molecule has 0 atom stereocenters. The van der Waals surface area contributed by atoms with E-state index in [1.54, 1.807) is 41.8 Å². The Bertz CT molecular complexity index is 1090. The number of carbonyl (C=O) groups excluding carboxylic acids is 1. The molecule has 0 saturated carbocycles. The van der Waals surface area contributed by atoms with Gasteiger partial charge in [-0.25, -0.2) is 9.37 Å². The summed E-state index contributed by atoms with van der Waals surface area (Å²) in [7, 11) is 0. The number of benzene rings is 1. The topological polar surface area (TPSA) is 68.0 Å². The van der Waals surface area contributed by atoms with Crippen LogP contribution in [-0.2, 0) is 13.0 Å². The molecule has 4 rings (SSSR count). The molecule has 3 heterocycles. The molecule has 0 bridgehead atoms. The third-order valence-electron chi connectivity index (χ3n) is 4.20. The van der Waals surface area contributed by atoms with Gasteiger partial charge in [0.15, 0.2) is 5.78 Å². The predicted molar refractivity (Wildman–Crippen MR) is 110 cm³/mol. The van der Waals surface area contributed by atoms with E-state index < -0.39 is 0 Å². The number of nitrogens with zero attached hydrogens (tertiary/aromatic N) is 1. The zero-order chi connectivity index (χ0) is 18.8. The lowest BCUT2D eigenvalue weighted by Gasteiger charge is -2.10. The van der Waals surface area contributed by atoms with Crippen LogP contribution in [0.1, 0.15) is 20.8 Å². The number of anilines is 2. The SMILES string of the molecule is Nc1ncccc1NCc1cc(CC(=O)c2cc3sccc3s2)ccc1F. The van der Waals surface area contributed by atoms with Gasteiger partial charge in [0, 0.05) is 34.1 Å².